The summed E-state index contributed by atoms with van der Waals surface area (Å²) in [6, 6.07) is 5.79. The van der Waals surface area contributed by atoms with Crippen LogP contribution in [0.3, 0.4) is 0 Å². The zero-order chi connectivity index (χ0) is 13.5. The molecule has 0 fully saturated rings. The third-order valence-electron chi connectivity index (χ3n) is 2.86. The molecule has 1 N–H and O–H groups in total. The van der Waals surface area contributed by atoms with Crippen molar-refractivity contribution in [2.75, 3.05) is 19.0 Å². The number of ether oxygens (including phenoxy) is 2. The Labute approximate surface area is 114 Å². The molecule has 0 aliphatic rings. The lowest BCUT2D eigenvalue weighted by atomic mass is 10.2. The summed E-state index contributed by atoms with van der Waals surface area (Å²) in [6.07, 6.45) is 1.09. The van der Waals surface area contributed by atoms with E-state index in [1.54, 1.807) is 7.11 Å². The van der Waals surface area contributed by atoms with Gasteiger partial charge in [-0.15, -0.1) is 0 Å². The van der Waals surface area contributed by atoms with Gasteiger partial charge < -0.3 is 14.8 Å². The van der Waals surface area contributed by atoms with Crippen LogP contribution in [0.5, 0.6) is 5.75 Å². The van der Waals surface area contributed by atoms with E-state index in [0.717, 1.165) is 17.9 Å². The van der Waals surface area contributed by atoms with Crippen LogP contribution in [-0.4, -0.2) is 25.9 Å². The summed E-state index contributed by atoms with van der Waals surface area (Å²) in [6.45, 7) is 6.87. The molecule has 18 heavy (non-hydrogen) atoms. The average molecular weight is 272 g/mol. The summed E-state index contributed by atoms with van der Waals surface area (Å²) in [7, 11) is 1.70. The molecule has 2 atom stereocenters. The Morgan fingerprint density at radius 3 is 2.67 bits per heavy atom. The Bertz CT molecular complexity index is 371. The van der Waals surface area contributed by atoms with Crippen LogP contribution < -0.4 is 10.1 Å². The molecule has 0 saturated heterocycles. The van der Waals surface area contributed by atoms with Gasteiger partial charge in [-0.25, -0.2) is 0 Å². The standard InChI is InChI=1S/C14H22ClNO2/c1-5-8-18-14-7-6-12(15)9-13(14)16-10(2)11(3)17-4/h6-7,9-11,16H,5,8H2,1-4H3. The van der Waals surface area contributed by atoms with Gasteiger partial charge in [0, 0.05) is 18.2 Å². The molecule has 1 rings (SSSR count). The molecule has 0 aromatic heterocycles. The lowest BCUT2D eigenvalue weighted by Gasteiger charge is -2.22. The fraction of sp³-hybridized carbons (Fsp3) is 0.571. The van der Waals surface area contributed by atoms with Crippen molar-refractivity contribution < 1.29 is 9.47 Å². The van der Waals surface area contributed by atoms with Crippen molar-refractivity contribution in [2.24, 2.45) is 0 Å². The monoisotopic (exact) mass is 271 g/mol. The van der Waals surface area contributed by atoms with E-state index >= 15 is 0 Å². The molecule has 0 aliphatic carbocycles. The van der Waals surface area contributed by atoms with Gasteiger partial charge in [-0.05, 0) is 38.5 Å². The Kier molecular flexibility index (Phi) is 6.30. The third kappa shape index (κ3) is 4.39. The minimum atomic E-state index is 0.114. The normalized spacial score (nSPS) is 14.1. The van der Waals surface area contributed by atoms with Crippen LogP contribution in [0, 0.1) is 0 Å². The van der Waals surface area contributed by atoms with Gasteiger partial charge in [-0.3, -0.25) is 0 Å². The highest BCUT2D eigenvalue weighted by Crippen LogP contribution is 2.29. The molecule has 1 aromatic carbocycles. The number of anilines is 1. The molecule has 0 spiro atoms. The molecular formula is C14H22ClNO2. The Balaban J connectivity index is 2.81. The number of hydrogen-bond donors (Lipinski definition) is 1. The zero-order valence-corrected chi connectivity index (χ0v) is 12.3. The van der Waals surface area contributed by atoms with Crippen LogP contribution in [0.2, 0.25) is 5.02 Å². The van der Waals surface area contributed by atoms with Crippen molar-refractivity contribution in [1.82, 2.24) is 0 Å². The molecule has 0 saturated carbocycles. The Morgan fingerprint density at radius 1 is 1.33 bits per heavy atom. The smallest absolute Gasteiger partial charge is 0.142 e. The van der Waals surface area contributed by atoms with E-state index in [9.17, 15) is 0 Å². The predicted molar refractivity (Wildman–Crippen MR) is 76.8 cm³/mol. The first-order chi connectivity index (χ1) is 8.58. The van der Waals surface area contributed by atoms with Crippen LogP contribution in [-0.2, 0) is 4.74 Å². The van der Waals surface area contributed by atoms with Crippen LogP contribution >= 0.6 is 11.6 Å². The van der Waals surface area contributed by atoms with Gasteiger partial charge in [0.05, 0.1) is 18.4 Å². The lowest BCUT2D eigenvalue weighted by molar-refractivity contribution is 0.106. The van der Waals surface area contributed by atoms with Crippen molar-refractivity contribution in [3.05, 3.63) is 23.2 Å². The minimum Gasteiger partial charge on any atom is -0.491 e. The van der Waals surface area contributed by atoms with Gasteiger partial charge in [0.2, 0.25) is 0 Å². The summed E-state index contributed by atoms with van der Waals surface area (Å²) in [4.78, 5) is 0. The second-order valence-corrected chi connectivity index (χ2v) is 4.80. The number of nitrogens with one attached hydrogen (secondary N) is 1. The maximum Gasteiger partial charge on any atom is 0.142 e. The molecule has 0 aliphatic heterocycles. The number of halogens is 1. The maximum absolute atomic E-state index is 6.02. The molecule has 0 radical (unpaired) electrons. The van der Waals surface area contributed by atoms with E-state index < -0.39 is 0 Å². The fourth-order valence-electron chi connectivity index (χ4n) is 1.52. The summed E-state index contributed by atoms with van der Waals surface area (Å²) in [5.74, 6) is 0.830. The predicted octanol–water partition coefficient (Wildman–Crippen LogP) is 3.96. The van der Waals surface area contributed by atoms with E-state index in [1.165, 1.54) is 0 Å². The second-order valence-electron chi connectivity index (χ2n) is 4.36. The number of hydrogen-bond acceptors (Lipinski definition) is 3. The summed E-state index contributed by atoms with van der Waals surface area (Å²) in [5.41, 5.74) is 0.910. The molecule has 102 valence electrons. The molecule has 0 amide bonds. The van der Waals surface area contributed by atoms with E-state index in [0.29, 0.717) is 11.6 Å². The highest BCUT2D eigenvalue weighted by atomic mass is 35.5. The van der Waals surface area contributed by atoms with Crippen LogP contribution in [0.25, 0.3) is 0 Å². The number of benzene rings is 1. The summed E-state index contributed by atoms with van der Waals surface area (Å²) >= 11 is 6.02. The van der Waals surface area contributed by atoms with Crippen molar-refractivity contribution >= 4 is 17.3 Å². The Morgan fingerprint density at radius 2 is 2.06 bits per heavy atom. The average Bonchev–Trinajstić information content (AvgIpc) is 2.36. The van der Waals surface area contributed by atoms with E-state index in [4.69, 9.17) is 21.1 Å². The van der Waals surface area contributed by atoms with Gasteiger partial charge in [-0.1, -0.05) is 18.5 Å². The van der Waals surface area contributed by atoms with E-state index in [-0.39, 0.29) is 12.1 Å². The second kappa shape index (κ2) is 7.49. The van der Waals surface area contributed by atoms with Gasteiger partial charge in [0.15, 0.2) is 0 Å². The highest BCUT2D eigenvalue weighted by molar-refractivity contribution is 6.30. The largest absolute Gasteiger partial charge is 0.491 e. The molecule has 0 bridgehead atoms. The topological polar surface area (TPSA) is 30.5 Å². The SMILES string of the molecule is CCCOc1ccc(Cl)cc1NC(C)C(C)OC. The zero-order valence-electron chi connectivity index (χ0n) is 11.5. The van der Waals surface area contributed by atoms with E-state index in [2.05, 4.69) is 19.2 Å². The maximum atomic E-state index is 6.02. The summed E-state index contributed by atoms with van der Waals surface area (Å²) < 4.78 is 11.0. The molecule has 1 aromatic rings. The van der Waals surface area contributed by atoms with Gasteiger partial charge in [0.1, 0.15) is 5.75 Å². The van der Waals surface area contributed by atoms with Gasteiger partial charge in [0.25, 0.3) is 0 Å². The molecule has 3 nitrogen and oxygen atoms in total. The Hall–Kier alpha value is -0.930. The first-order valence-electron chi connectivity index (χ1n) is 6.30. The van der Waals surface area contributed by atoms with Crippen molar-refractivity contribution in [1.29, 1.82) is 0 Å². The van der Waals surface area contributed by atoms with Crippen molar-refractivity contribution in [3.8, 4) is 5.75 Å². The molecule has 4 heteroatoms. The molecular weight excluding hydrogens is 250 g/mol. The quantitative estimate of drug-likeness (QED) is 0.814. The first-order valence-corrected chi connectivity index (χ1v) is 6.68. The number of methoxy groups -OCH3 is 1. The minimum absolute atomic E-state index is 0.114. The van der Waals surface area contributed by atoms with Gasteiger partial charge >= 0.3 is 0 Å². The number of rotatable bonds is 7. The first kappa shape index (κ1) is 15.1. The van der Waals surface area contributed by atoms with E-state index in [1.807, 2.05) is 25.1 Å². The molecule has 0 heterocycles. The summed E-state index contributed by atoms with van der Waals surface area (Å²) in [5, 5.41) is 4.07. The third-order valence-corrected chi connectivity index (χ3v) is 3.10. The van der Waals surface area contributed by atoms with Crippen molar-refractivity contribution in [3.63, 3.8) is 0 Å². The molecule has 2 unspecified atom stereocenters. The van der Waals surface area contributed by atoms with Crippen LogP contribution in [0.15, 0.2) is 18.2 Å². The van der Waals surface area contributed by atoms with Gasteiger partial charge in [-0.2, -0.15) is 0 Å². The fourth-order valence-corrected chi connectivity index (χ4v) is 1.69. The van der Waals surface area contributed by atoms with Crippen molar-refractivity contribution in [2.45, 2.75) is 39.3 Å². The lowest BCUT2D eigenvalue weighted by Crippen LogP contribution is -2.29. The van der Waals surface area contributed by atoms with Crippen LogP contribution in [0.4, 0.5) is 5.69 Å². The highest BCUT2D eigenvalue weighted by Gasteiger charge is 2.13. The van der Waals surface area contributed by atoms with Crippen LogP contribution in [0.1, 0.15) is 27.2 Å².